The van der Waals surface area contributed by atoms with Crippen LogP contribution in [0, 0.1) is 19.8 Å². The van der Waals surface area contributed by atoms with E-state index in [0.29, 0.717) is 17.0 Å². The third-order valence-corrected chi connectivity index (χ3v) is 5.30. The van der Waals surface area contributed by atoms with E-state index in [1.54, 1.807) is 0 Å². The number of carbonyl (C=O) groups is 2. The van der Waals surface area contributed by atoms with Crippen molar-refractivity contribution in [2.75, 3.05) is 11.9 Å². The Hall–Kier alpha value is -0.780. The van der Waals surface area contributed by atoms with Gasteiger partial charge in [-0.25, -0.2) is 4.79 Å². The lowest BCUT2D eigenvalue weighted by atomic mass is 10.1. The molecule has 1 N–H and O–H groups in total. The highest BCUT2D eigenvalue weighted by Crippen LogP contribution is 2.53. The van der Waals surface area contributed by atoms with Crippen molar-refractivity contribution in [2.24, 2.45) is 5.92 Å². The van der Waals surface area contributed by atoms with Gasteiger partial charge in [-0.2, -0.15) is 0 Å². The number of hydrogen-bond acceptors (Lipinski definition) is 4. The molecular formula is C13H15Cl2NO3S. The molecule has 0 unspecified atom stereocenters. The van der Waals surface area contributed by atoms with Gasteiger partial charge in [-0.3, -0.25) is 4.79 Å². The summed E-state index contributed by atoms with van der Waals surface area (Å²) in [5.74, 6) is -0.686. The second kappa shape index (κ2) is 5.54. The third kappa shape index (κ3) is 3.27. The van der Waals surface area contributed by atoms with Crippen LogP contribution in [-0.2, 0) is 9.53 Å². The molecule has 0 bridgehead atoms. The van der Waals surface area contributed by atoms with Gasteiger partial charge in [0.25, 0.3) is 0 Å². The number of ether oxygens (including phenoxy) is 1. The molecule has 0 spiro atoms. The maximum Gasteiger partial charge on any atom is 0.341 e. The first kappa shape index (κ1) is 15.6. The van der Waals surface area contributed by atoms with Gasteiger partial charge in [-0.05, 0) is 25.8 Å². The van der Waals surface area contributed by atoms with Gasteiger partial charge in [-0.15, -0.1) is 34.5 Å². The highest BCUT2D eigenvalue weighted by molar-refractivity contribution is 7.16. The first-order valence-corrected chi connectivity index (χ1v) is 7.72. The molecule has 0 aliphatic heterocycles. The molecule has 1 fully saturated rings. The zero-order valence-electron chi connectivity index (χ0n) is 11.4. The number of nitrogens with one attached hydrogen (secondary N) is 1. The predicted molar refractivity (Wildman–Crippen MR) is 80.9 cm³/mol. The van der Waals surface area contributed by atoms with Crippen molar-refractivity contribution in [3.05, 3.63) is 16.0 Å². The molecule has 0 radical (unpaired) electrons. The maximum atomic E-state index is 12.2. The van der Waals surface area contributed by atoms with Gasteiger partial charge in [0, 0.05) is 17.7 Å². The van der Waals surface area contributed by atoms with Crippen LogP contribution in [0.1, 0.15) is 34.1 Å². The van der Waals surface area contributed by atoms with Gasteiger partial charge < -0.3 is 10.1 Å². The van der Waals surface area contributed by atoms with Gasteiger partial charge in [-0.1, -0.05) is 0 Å². The standard InChI is InChI=1S/C13H15Cl2NO3S/c1-6-7(2)20-11(16-8(3)17)10(6)12(18)19-5-9-4-13(9,14)15/h9H,4-5H2,1-3H3,(H,16,17)/t9-/m1/s1. The van der Waals surface area contributed by atoms with Gasteiger partial charge in [0.05, 0.1) is 12.2 Å². The summed E-state index contributed by atoms with van der Waals surface area (Å²) >= 11 is 13.1. The number of amides is 1. The smallest absolute Gasteiger partial charge is 0.341 e. The maximum absolute atomic E-state index is 12.2. The number of carbonyl (C=O) groups excluding carboxylic acids is 2. The summed E-state index contributed by atoms with van der Waals surface area (Å²) < 4.78 is 4.49. The lowest BCUT2D eigenvalue weighted by molar-refractivity contribution is -0.114. The quantitative estimate of drug-likeness (QED) is 0.674. The van der Waals surface area contributed by atoms with E-state index in [0.717, 1.165) is 10.4 Å². The summed E-state index contributed by atoms with van der Waals surface area (Å²) in [4.78, 5) is 24.3. The minimum Gasteiger partial charge on any atom is -0.462 e. The highest BCUT2D eigenvalue weighted by atomic mass is 35.5. The van der Waals surface area contributed by atoms with E-state index in [1.807, 2.05) is 13.8 Å². The number of esters is 1. The SMILES string of the molecule is CC(=O)Nc1sc(C)c(C)c1C(=O)OC[C@H]1CC1(Cl)Cl. The van der Waals surface area contributed by atoms with Gasteiger partial charge >= 0.3 is 5.97 Å². The Balaban J connectivity index is 2.10. The number of rotatable bonds is 4. The molecule has 4 nitrogen and oxygen atoms in total. The molecule has 1 aliphatic rings. The zero-order valence-corrected chi connectivity index (χ0v) is 13.7. The van der Waals surface area contributed by atoms with Crippen molar-refractivity contribution in [1.29, 1.82) is 0 Å². The average molecular weight is 336 g/mol. The number of halogens is 2. The van der Waals surface area contributed by atoms with Crippen LogP contribution in [0.25, 0.3) is 0 Å². The fraction of sp³-hybridized carbons (Fsp3) is 0.538. The van der Waals surface area contributed by atoms with E-state index < -0.39 is 10.3 Å². The van der Waals surface area contributed by atoms with Crippen LogP contribution in [0.3, 0.4) is 0 Å². The van der Waals surface area contributed by atoms with E-state index in [2.05, 4.69) is 5.32 Å². The number of anilines is 1. The number of aryl methyl sites for hydroxylation is 1. The summed E-state index contributed by atoms with van der Waals surface area (Å²) in [6, 6.07) is 0. The molecule has 7 heteroatoms. The Morgan fingerprint density at radius 2 is 2.05 bits per heavy atom. The minimum absolute atomic E-state index is 0.0148. The van der Waals surface area contributed by atoms with Gasteiger partial charge in [0.15, 0.2) is 0 Å². The van der Waals surface area contributed by atoms with Crippen LogP contribution in [0.5, 0.6) is 0 Å². The summed E-state index contributed by atoms with van der Waals surface area (Å²) in [7, 11) is 0. The molecular weight excluding hydrogens is 321 g/mol. The average Bonchev–Trinajstić information content (AvgIpc) is 2.83. The topological polar surface area (TPSA) is 55.4 Å². The molecule has 2 rings (SSSR count). The van der Waals surface area contributed by atoms with Crippen LogP contribution in [-0.4, -0.2) is 22.8 Å². The second-order valence-electron chi connectivity index (χ2n) is 4.93. The van der Waals surface area contributed by atoms with Crippen molar-refractivity contribution in [2.45, 2.75) is 31.5 Å². The van der Waals surface area contributed by atoms with Crippen molar-refractivity contribution in [3.63, 3.8) is 0 Å². The molecule has 1 atom stereocenters. The van der Waals surface area contributed by atoms with E-state index >= 15 is 0 Å². The monoisotopic (exact) mass is 335 g/mol. The predicted octanol–water partition coefficient (Wildman–Crippen LogP) is 3.67. The Labute approximate surface area is 131 Å². The molecule has 1 amide bonds. The molecule has 1 aliphatic carbocycles. The Morgan fingerprint density at radius 1 is 1.45 bits per heavy atom. The van der Waals surface area contributed by atoms with E-state index in [-0.39, 0.29) is 18.4 Å². The fourth-order valence-corrected chi connectivity index (χ4v) is 3.41. The number of hydrogen-bond donors (Lipinski definition) is 1. The lowest BCUT2D eigenvalue weighted by Gasteiger charge is -2.07. The molecule has 1 heterocycles. The largest absolute Gasteiger partial charge is 0.462 e. The summed E-state index contributed by atoms with van der Waals surface area (Å²) in [5, 5.41) is 3.19. The molecule has 20 heavy (non-hydrogen) atoms. The molecule has 0 aromatic carbocycles. The molecule has 0 saturated heterocycles. The van der Waals surface area contributed by atoms with Crippen molar-refractivity contribution in [1.82, 2.24) is 0 Å². The Morgan fingerprint density at radius 3 is 2.55 bits per heavy atom. The minimum atomic E-state index is -0.764. The van der Waals surface area contributed by atoms with Crippen LogP contribution in [0.4, 0.5) is 5.00 Å². The van der Waals surface area contributed by atoms with Crippen LogP contribution < -0.4 is 5.32 Å². The van der Waals surface area contributed by atoms with Crippen LogP contribution in [0.2, 0.25) is 0 Å². The highest BCUT2D eigenvalue weighted by Gasteiger charge is 2.52. The Kier molecular flexibility index (Phi) is 4.33. The second-order valence-corrected chi connectivity index (χ2v) is 7.70. The molecule has 1 saturated carbocycles. The van der Waals surface area contributed by atoms with Crippen LogP contribution >= 0.6 is 34.5 Å². The van der Waals surface area contributed by atoms with Crippen molar-refractivity contribution >= 4 is 51.4 Å². The van der Waals surface area contributed by atoms with E-state index in [1.165, 1.54) is 18.3 Å². The first-order chi connectivity index (χ1) is 9.22. The Bertz CT molecular complexity index is 568. The van der Waals surface area contributed by atoms with Gasteiger partial charge in [0.1, 0.15) is 9.33 Å². The zero-order chi connectivity index (χ0) is 15.1. The van der Waals surface area contributed by atoms with Gasteiger partial charge in [0.2, 0.25) is 5.91 Å². The third-order valence-electron chi connectivity index (χ3n) is 3.25. The summed E-state index contributed by atoms with van der Waals surface area (Å²) in [5.41, 5.74) is 1.24. The number of alkyl halides is 2. The van der Waals surface area contributed by atoms with Crippen molar-refractivity contribution < 1.29 is 14.3 Å². The summed E-state index contributed by atoms with van der Waals surface area (Å²) in [6.45, 7) is 5.32. The van der Waals surface area contributed by atoms with E-state index in [4.69, 9.17) is 27.9 Å². The molecule has 1 aromatic heterocycles. The van der Waals surface area contributed by atoms with Crippen molar-refractivity contribution in [3.8, 4) is 0 Å². The van der Waals surface area contributed by atoms with E-state index in [9.17, 15) is 9.59 Å². The lowest BCUT2D eigenvalue weighted by Crippen LogP contribution is -2.13. The first-order valence-electron chi connectivity index (χ1n) is 6.15. The summed E-state index contributed by atoms with van der Waals surface area (Å²) in [6.07, 6.45) is 0.629. The molecule has 110 valence electrons. The molecule has 1 aromatic rings. The van der Waals surface area contributed by atoms with Crippen LogP contribution in [0.15, 0.2) is 0 Å². The fourth-order valence-electron chi connectivity index (χ4n) is 1.82. The number of thiophene rings is 1. The normalized spacial score (nSPS) is 19.6.